The zero-order valence-corrected chi connectivity index (χ0v) is 10.7. The number of carbonyl (C=O) groups is 2. The highest BCUT2D eigenvalue weighted by atomic mass is 16.5. The number of ether oxygens (including phenoxy) is 1. The molecule has 5 heteroatoms. The maximum atomic E-state index is 11.5. The molecule has 18 heavy (non-hydrogen) atoms. The lowest BCUT2D eigenvalue weighted by atomic mass is 10.2. The second kappa shape index (κ2) is 5.64. The van der Waals surface area contributed by atoms with Gasteiger partial charge in [0.25, 0.3) is 0 Å². The molecule has 1 aromatic carbocycles. The molecule has 0 saturated heterocycles. The SMILES string of the molecule is CC(C)(C)OCC(=O)Nc1ccc(C(=O)O)cc1. The van der Waals surface area contributed by atoms with Crippen LogP contribution < -0.4 is 5.32 Å². The Labute approximate surface area is 106 Å². The summed E-state index contributed by atoms with van der Waals surface area (Å²) in [4.78, 5) is 22.2. The summed E-state index contributed by atoms with van der Waals surface area (Å²) in [6.07, 6.45) is 0. The third-order valence-electron chi connectivity index (χ3n) is 2.05. The lowest BCUT2D eigenvalue weighted by Gasteiger charge is -2.18. The Bertz CT molecular complexity index is 431. The first kappa shape index (κ1) is 14.2. The molecule has 0 aliphatic rings. The van der Waals surface area contributed by atoms with Crippen LogP contribution in [0, 0.1) is 0 Å². The molecular formula is C13H17NO4. The van der Waals surface area contributed by atoms with Crippen molar-refractivity contribution in [1.82, 2.24) is 0 Å². The van der Waals surface area contributed by atoms with E-state index in [9.17, 15) is 9.59 Å². The number of hydrogen-bond acceptors (Lipinski definition) is 3. The Morgan fingerprint density at radius 2 is 1.78 bits per heavy atom. The fourth-order valence-electron chi connectivity index (χ4n) is 1.18. The summed E-state index contributed by atoms with van der Waals surface area (Å²) in [5.74, 6) is -1.27. The van der Waals surface area contributed by atoms with E-state index in [0.717, 1.165) is 0 Å². The van der Waals surface area contributed by atoms with Gasteiger partial charge in [-0.25, -0.2) is 4.79 Å². The molecule has 1 rings (SSSR count). The largest absolute Gasteiger partial charge is 0.478 e. The number of carbonyl (C=O) groups excluding carboxylic acids is 1. The summed E-state index contributed by atoms with van der Waals surface area (Å²) in [7, 11) is 0. The van der Waals surface area contributed by atoms with Gasteiger partial charge in [0.15, 0.2) is 0 Å². The first-order valence-electron chi connectivity index (χ1n) is 5.55. The third kappa shape index (κ3) is 4.97. The van der Waals surface area contributed by atoms with Gasteiger partial charge in [0.05, 0.1) is 11.2 Å². The highest BCUT2D eigenvalue weighted by Crippen LogP contribution is 2.10. The Kier molecular flexibility index (Phi) is 4.44. The van der Waals surface area contributed by atoms with Crippen molar-refractivity contribution in [3.8, 4) is 0 Å². The standard InChI is InChI=1S/C13H17NO4/c1-13(2,3)18-8-11(15)14-10-6-4-9(5-7-10)12(16)17/h4-7H,8H2,1-3H3,(H,14,15)(H,16,17). The Hall–Kier alpha value is -1.88. The maximum absolute atomic E-state index is 11.5. The minimum atomic E-state index is -0.996. The van der Waals surface area contributed by atoms with E-state index in [0.29, 0.717) is 5.69 Å². The molecule has 0 radical (unpaired) electrons. The first-order valence-corrected chi connectivity index (χ1v) is 5.55. The normalized spacial score (nSPS) is 11.1. The van der Waals surface area contributed by atoms with Crippen molar-refractivity contribution in [3.05, 3.63) is 29.8 Å². The van der Waals surface area contributed by atoms with Gasteiger partial charge in [-0.15, -0.1) is 0 Å². The van der Waals surface area contributed by atoms with Crippen molar-refractivity contribution in [3.63, 3.8) is 0 Å². The summed E-state index contributed by atoms with van der Waals surface area (Å²) >= 11 is 0. The van der Waals surface area contributed by atoms with Crippen molar-refractivity contribution in [2.24, 2.45) is 0 Å². The number of carboxylic acid groups (broad SMARTS) is 1. The molecule has 1 aromatic rings. The monoisotopic (exact) mass is 251 g/mol. The van der Waals surface area contributed by atoms with E-state index in [4.69, 9.17) is 9.84 Å². The van der Waals surface area contributed by atoms with Crippen LogP contribution in [0.25, 0.3) is 0 Å². The van der Waals surface area contributed by atoms with E-state index in [1.54, 1.807) is 12.1 Å². The van der Waals surface area contributed by atoms with Gasteiger partial charge in [0.1, 0.15) is 6.61 Å². The van der Waals surface area contributed by atoms with Crippen molar-refractivity contribution in [1.29, 1.82) is 0 Å². The average Bonchev–Trinajstić information content (AvgIpc) is 2.26. The van der Waals surface area contributed by atoms with Crippen molar-refractivity contribution in [2.45, 2.75) is 26.4 Å². The quantitative estimate of drug-likeness (QED) is 0.859. The summed E-state index contributed by atoms with van der Waals surface area (Å²) in [6, 6.07) is 5.95. The zero-order valence-electron chi connectivity index (χ0n) is 10.7. The number of anilines is 1. The number of rotatable bonds is 4. The van der Waals surface area contributed by atoms with Gasteiger partial charge in [0, 0.05) is 5.69 Å². The van der Waals surface area contributed by atoms with Crippen LogP contribution in [-0.2, 0) is 9.53 Å². The molecule has 0 aliphatic heterocycles. The Balaban J connectivity index is 2.52. The minimum absolute atomic E-state index is 0.0375. The van der Waals surface area contributed by atoms with Crippen LogP contribution in [0.1, 0.15) is 31.1 Å². The lowest BCUT2D eigenvalue weighted by molar-refractivity contribution is -0.125. The minimum Gasteiger partial charge on any atom is -0.478 e. The molecule has 0 aliphatic carbocycles. The maximum Gasteiger partial charge on any atom is 0.335 e. The molecule has 1 amide bonds. The number of aromatic carboxylic acids is 1. The summed E-state index contributed by atoms with van der Waals surface area (Å²) < 4.78 is 5.32. The van der Waals surface area contributed by atoms with Crippen molar-refractivity contribution >= 4 is 17.6 Å². The molecule has 98 valence electrons. The van der Waals surface area contributed by atoms with Gasteiger partial charge < -0.3 is 15.2 Å². The second-order valence-corrected chi connectivity index (χ2v) is 4.83. The molecule has 0 saturated carbocycles. The number of hydrogen-bond donors (Lipinski definition) is 2. The average molecular weight is 251 g/mol. The van der Waals surface area contributed by atoms with Gasteiger partial charge in [-0.05, 0) is 45.0 Å². The molecule has 0 bridgehead atoms. The summed E-state index contributed by atoms with van der Waals surface area (Å²) in [5, 5.41) is 11.3. The zero-order chi connectivity index (χ0) is 13.8. The fourth-order valence-corrected chi connectivity index (χ4v) is 1.18. The smallest absolute Gasteiger partial charge is 0.335 e. The van der Waals surface area contributed by atoms with Crippen LogP contribution in [-0.4, -0.2) is 29.2 Å². The number of nitrogens with one attached hydrogen (secondary N) is 1. The molecular weight excluding hydrogens is 234 g/mol. The predicted molar refractivity (Wildman–Crippen MR) is 67.7 cm³/mol. The van der Waals surface area contributed by atoms with Crippen LogP contribution in [0.5, 0.6) is 0 Å². The highest BCUT2D eigenvalue weighted by molar-refractivity contribution is 5.93. The molecule has 0 aromatic heterocycles. The van der Waals surface area contributed by atoms with E-state index >= 15 is 0 Å². The molecule has 0 heterocycles. The topological polar surface area (TPSA) is 75.6 Å². The highest BCUT2D eigenvalue weighted by Gasteiger charge is 2.13. The van der Waals surface area contributed by atoms with Crippen LogP contribution in [0.15, 0.2) is 24.3 Å². The van der Waals surface area contributed by atoms with E-state index in [2.05, 4.69) is 5.32 Å². The van der Waals surface area contributed by atoms with Gasteiger partial charge in [0.2, 0.25) is 5.91 Å². The number of amides is 1. The Morgan fingerprint density at radius 1 is 1.22 bits per heavy atom. The third-order valence-corrected chi connectivity index (χ3v) is 2.05. The predicted octanol–water partition coefficient (Wildman–Crippen LogP) is 2.14. The van der Waals surface area contributed by atoms with Crippen molar-refractivity contribution in [2.75, 3.05) is 11.9 Å². The van der Waals surface area contributed by atoms with Gasteiger partial charge in [-0.3, -0.25) is 4.79 Å². The van der Waals surface area contributed by atoms with E-state index in [1.165, 1.54) is 12.1 Å². The fraction of sp³-hybridized carbons (Fsp3) is 0.385. The first-order chi connectivity index (χ1) is 8.28. The number of carboxylic acids is 1. The second-order valence-electron chi connectivity index (χ2n) is 4.83. The van der Waals surface area contributed by atoms with E-state index < -0.39 is 5.97 Å². The molecule has 0 atom stereocenters. The molecule has 0 fully saturated rings. The van der Waals surface area contributed by atoms with Crippen LogP contribution >= 0.6 is 0 Å². The Morgan fingerprint density at radius 3 is 2.22 bits per heavy atom. The van der Waals surface area contributed by atoms with Crippen molar-refractivity contribution < 1.29 is 19.4 Å². The van der Waals surface area contributed by atoms with Crippen LogP contribution in [0.2, 0.25) is 0 Å². The molecule has 2 N–H and O–H groups in total. The van der Waals surface area contributed by atoms with Gasteiger partial charge in [-0.1, -0.05) is 0 Å². The van der Waals surface area contributed by atoms with Crippen LogP contribution in [0.3, 0.4) is 0 Å². The number of benzene rings is 1. The lowest BCUT2D eigenvalue weighted by Crippen LogP contribution is -2.27. The van der Waals surface area contributed by atoms with E-state index in [1.807, 2.05) is 20.8 Å². The van der Waals surface area contributed by atoms with Gasteiger partial charge in [-0.2, -0.15) is 0 Å². The summed E-state index contributed by atoms with van der Waals surface area (Å²) in [6.45, 7) is 5.55. The van der Waals surface area contributed by atoms with Crippen LogP contribution in [0.4, 0.5) is 5.69 Å². The van der Waals surface area contributed by atoms with Gasteiger partial charge >= 0.3 is 5.97 Å². The summed E-state index contributed by atoms with van der Waals surface area (Å²) in [5.41, 5.74) is 0.353. The molecule has 0 unspecified atom stereocenters. The molecule has 0 spiro atoms. The van der Waals surface area contributed by atoms with E-state index in [-0.39, 0.29) is 23.7 Å². The molecule has 5 nitrogen and oxygen atoms in total.